The minimum absolute atomic E-state index is 0.0438. The number of amides is 1. The van der Waals surface area contributed by atoms with Gasteiger partial charge in [-0.25, -0.2) is 0 Å². The lowest BCUT2D eigenvalue weighted by Crippen LogP contribution is -2.44. The molecule has 1 aliphatic heterocycles. The Hall–Kier alpha value is -1.55. The first-order valence-electron chi connectivity index (χ1n) is 6.51. The average Bonchev–Trinajstić information content (AvgIpc) is 3.14. The summed E-state index contributed by atoms with van der Waals surface area (Å²) in [6.45, 7) is 0.957. The molecule has 2 atom stereocenters. The second-order valence-corrected chi connectivity index (χ2v) is 5.09. The van der Waals surface area contributed by atoms with Crippen LogP contribution in [0.15, 0.2) is 24.3 Å². The van der Waals surface area contributed by atoms with Gasteiger partial charge in [-0.1, -0.05) is 18.2 Å². The van der Waals surface area contributed by atoms with E-state index in [0.29, 0.717) is 19.1 Å². The van der Waals surface area contributed by atoms with Crippen molar-refractivity contribution in [1.29, 1.82) is 0 Å². The molecule has 1 aromatic rings. The third-order valence-electron chi connectivity index (χ3n) is 3.79. The van der Waals surface area contributed by atoms with Crippen LogP contribution in [0.25, 0.3) is 0 Å². The third kappa shape index (κ3) is 2.08. The summed E-state index contributed by atoms with van der Waals surface area (Å²) in [5.74, 6) is 1.26. The number of nitrogens with one attached hydrogen (secondary N) is 1. The van der Waals surface area contributed by atoms with Gasteiger partial charge in [-0.15, -0.1) is 0 Å². The summed E-state index contributed by atoms with van der Waals surface area (Å²) >= 11 is 0. The van der Waals surface area contributed by atoms with Crippen molar-refractivity contribution in [1.82, 2.24) is 5.32 Å². The second kappa shape index (κ2) is 4.61. The van der Waals surface area contributed by atoms with Crippen molar-refractivity contribution < 1.29 is 9.53 Å². The third-order valence-corrected chi connectivity index (χ3v) is 3.79. The van der Waals surface area contributed by atoms with Crippen molar-refractivity contribution in [3.63, 3.8) is 0 Å². The highest BCUT2D eigenvalue weighted by Gasteiger charge is 2.35. The van der Waals surface area contributed by atoms with Gasteiger partial charge in [0.05, 0.1) is 0 Å². The molecular weight excluding hydrogens is 228 g/mol. The fourth-order valence-electron chi connectivity index (χ4n) is 2.53. The molecule has 1 heterocycles. The van der Waals surface area contributed by atoms with Gasteiger partial charge in [0.15, 0.2) is 0 Å². The summed E-state index contributed by atoms with van der Waals surface area (Å²) in [5.41, 5.74) is 6.70. The highest BCUT2D eigenvalue weighted by atomic mass is 16.5. The number of ether oxygens (including phenoxy) is 1. The molecule has 0 spiro atoms. The second-order valence-electron chi connectivity index (χ2n) is 5.09. The Bertz CT molecular complexity index is 457. The van der Waals surface area contributed by atoms with Crippen molar-refractivity contribution in [2.24, 2.45) is 11.7 Å². The Morgan fingerprint density at radius 1 is 1.44 bits per heavy atom. The van der Waals surface area contributed by atoms with E-state index in [2.05, 4.69) is 5.32 Å². The zero-order valence-electron chi connectivity index (χ0n) is 10.3. The van der Waals surface area contributed by atoms with Crippen molar-refractivity contribution >= 4 is 5.91 Å². The number of hydrogen-bond acceptors (Lipinski definition) is 3. The maximum atomic E-state index is 12.3. The lowest BCUT2D eigenvalue weighted by molar-refractivity contribution is -0.123. The van der Waals surface area contributed by atoms with Crippen LogP contribution >= 0.6 is 0 Å². The number of fused-ring (bicyclic) bond motifs is 1. The van der Waals surface area contributed by atoms with Crippen LogP contribution in [0.3, 0.4) is 0 Å². The molecule has 2 unspecified atom stereocenters. The van der Waals surface area contributed by atoms with Gasteiger partial charge in [0.25, 0.3) is 0 Å². The van der Waals surface area contributed by atoms with Crippen molar-refractivity contribution in [3.8, 4) is 5.75 Å². The topological polar surface area (TPSA) is 64.3 Å². The predicted octanol–water partition coefficient (Wildman–Crippen LogP) is 1.02. The molecule has 4 nitrogen and oxygen atoms in total. The molecule has 3 N–H and O–H groups in total. The lowest BCUT2D eigenvalue weighted by atomic mass is 10.00. The molecular formula is C14H18N2O2. The molecule has 2 aliphatic rings. The van der Waals surface area contributed by atoms with Crippen LogP contribution in [0.2, 0.25) is 0 Å². The lowest BCUT2D eigenvalue weighted by Gasteiger charge is -2.18. The molecule has 1 saturated carbocycles. The van der Waals surface area contributed by atoms with E-state index in [1.165, 1.54) is 12.8 Å². The van der Waals surface area contributed by atoms with E-state index in [9.17, 15) is 4.79 Å². The molecule has 0 bridgehead atoms. The highest BCUT2D eigenvalue weighted by molar-refractivity contribution is 5.85. The van der Waals surface area contributed by atoms with Crippen LogP contribution in [0, 0.1) is 5.92 Å². The molecule has 1 fully saturated rings. The average molecular weight is 246 g/mol. The maximum absolute atomic E-state index is 12.3. The van der Waals surface area contributed by atoms with Crippen LogP contribution in [-0.2, 0) is 4.79 Å². The first-order chi connectivity index (χ1) is 8.79. The zero-order chi connectivity index (χ0) is 12.5. The Kier molecular flexibility index (Phi) is 2.96. The number of hydrogen-bond donors (Lipinski definition) is 2. The molecule has 4 heteroatoms. The fourth-order valence-corrected chi connectivity index (χ4v) is 2.53. The summed E-state index contributed by atoms with van der Waals surface area (Å²) in [6, 6.07) is 7.86. The van der Waals surface area contributed by atoms with Crippen LogP contribution < -0.4 is 15.8 Å². The molecule has 1 aliphatic carbocycles. The largest absolute Gasteiger partial charge is 0.492 e. The molecule has 1 aromatic carbocycles. The molecule has 0 radical (unpaired) electrons. The molecule has 1 amide bonds. The summed E-state index contributed by atoms with van der Waals surface area (Å²) in [7, 11) is 0. The van der Waals surface area contributed by atoms with Gasteiger partial charge in [-0.2, -0.15) is 0 Å². The monoisotopic (exact) mass is 246 g/mol. The van der Waals surface area contributed by atoms with E-state index >= 15 is 0 Å². The van der Waals surface area contributed by atoms with Gasteiger partial charge in [0.1, 0.15) is 18.3 Å². The SMILES string of the molecule is NCC(NC(=O)C1COc2ccccc21)C1CC1. The van der Waals surface area contributed by atoms with Crippen molar-refractivity contribution in [2.75, 3.05) is 13.2 Å². The Morgan fingerprint density at radius 2 is 2.22 bits per heavy atom. The van der Waals surface area contributed by atoms with Crippen molar-refractivity contribution in [2.45, 2.75) is 24.8 Å². The first kappa shape index (κ1) is 11.5. The molecule has 0 aromatic heterocycles. The standard InChI is InChI=1S/C14H18N2O2/c15-7-12(9-5-6-9)16-14(17)11-8-18-13-4-2-1-3-10(11)13/h1-4,9,11-12H,5-8,15H2,(H,16,17). The van der Waals surface area contributed by atoms with Gasteiger partial charge in [-0.05, 0) is 24.8 Å². The molecule has 96 valence electrons. The van der Waals surface area contributed by atoms with Crippen LogP contribution in [0.5, 0.6) is 5.75 Å². The van der Waals surface area contributed by atoms with Gasteiger partial charge in [0, 0.05) is 18.2 Å². The summed E-state index contributed by atoms with van der Waals surface area (Å²) < 4.78 is 5.53. The van der Waals surface area contributed by atoms with E-state index in [4.69, 9.17) is 10.5 Å². The van der Waals surface area contributed by atoms with E-state index in [0.717, 1.165) is 11.3 Å². The maximum Gasteiger partial charge on any atom is 0.231 e. The fraction of sp³-hybridized carbons (Fsp3) is 0.500. The minimum Gasteiger partial charge on any atom is -0.492 e. The van der Waals surface area contributed by atoms with Crippen molar-refractivity contribution in [3.05, 3.63) is 29.8 Å². The van der Waals surface area contributed by atoms with Gasteiger partial charge >= 0.3 is 0 Å². The Labute approximate surface area is 107 Å². The smallest absolute Gasteiger partial charge is 0.231 e. The van der Waals surface area contributed by atoms with Gasteiger partial charge in [0.2, 0.25) is 5.91 Å². The van der Waals surface area contributed by atoms with Crippen LogP contribution in [0.4, 0.5) is 0 Å². The summed E-state index contributed by atoms with van der Waals surface area (Å²) in [4.78, 5) is 12.3. The van der Waals surface area contributed by atoms with Crippen LogP contribution in [0.1, 0.15) is 24.3 Å². The number of rotatable bonds is 4. The quantitative estimate of drug-likeness (QED) is 0.833. The number of nitrogens with two attached hydrogens (primary N) is 1. The number of carbonyl (C=O) groups excluding carboxylic acids is 1. The van der Waals surface area contributed by atoms with E-state index in [1.807, 2.05) is 24.3 Å². The van der Waals surface area contributed by atoms with E-state index in [1.54, 1.807) is 0 Å². The molecule has 18 heavy (non-hydrogen) atoms. The Morgan fingerprint density at radius 3 is 2.94 bits per heavy atom. The predicted molar refractivity (Wildman–Crippen MR) is 68.4 cm³/mol. The Balaban J connectivity index is 1.70. The van der Waals surface area contributed by atoms with Gasteiger partial charge < -0.3 is 15.8 Å². The van der Waals surface area contributed by atoms with E-state index < -0.39 is 0 Å². The van der Waals surface area contributed by atoms with Crippen LogP contribution in [-0.4, -0.2) is 25.1 Å². The van der Waals surface area contributed by atoms with E-state index in [-0.39, 0.29) is 17.9 Å². The molecule has 3 rings (SSSR count). The molecule has 0 saturated heterocycles. The summed E-state index contributed by atoms with van der Waals surface area (Å²) in [6.07, 6.45) is 2.36. The van der Waals surface area contributed by atoms with Gasteiger partial charge in [-0.3, -0.25) is 4.79 Å². The first-order valence-corrected chi connectivity index (χ1v) is 6.51. The number of benzene rings is 1. The normalized spacial score (nSPS) is 23.1. The number of para-hydroxylation sites is 1. The zero-order valence-corrected chi connectivity index (χ0v) is 10.3. The minimum atomic E-state index is -0.186. The highest BCUT2D eigenvalue weighted by Crippen LogP contribution is 2.35. The number of carbonyl (C=O) groups is 1. The summed E-state index contributed by atoms with van der Waals surface area (Å²) in [5, 5.41) is 3.07.